The first-order valence-electron chi connectivity index (χ1n) is 5.76. The Morgan fingerprint density at radius 1 is 1.44 bits per heavy atom. The van der Waals surface area contributed by atoms with Crippen LogP contribution >= 0.6 is 0 Å². The highest BCUT2D eigenvalue weighted by molar-refractivity contribution is 5.45. The van der Waals surface area contributed by atoms with Crippen molar-refractivity contribution in [2.75, 3.05) is 25.1 Å². The predicted octanol–water partition coefficient (Wildman–Crippen LogP) is 1.89. The second kappa shape index (κ2) is 4.85. The molecule has 0 aliphatic carbocycles. The van der Waals surface area contributed by atoms with Crippen molar-refractivity contribution in [1.82, 2.24) is 0 Å². The summed E-state index contributed by atoms with van der Waals surface area (Å²) in [6, 6.07) is 10.0. The molecule has 3 nitrogen and oxygen atoms in total. The van der Waals surface area contributed by atoms with Crippen LogP contribution in [-0.2, 0) is 4.74 Å². The van der Waals surface area contributed by atoms with Crippen LogP contribution in [0.5, 0.6) is 0 Å². The van der Waals surface area contributed by atoms with E-state index in [1.54, 1.807) is 0 Å². The van der Waals surface area contributed by atoms with E-state index in [1.165, 1.54) is 0 Å². The second-order valence-electron chi connectivity index (χ2n) is 4.63. The zero-order valence-electron chi connectivity index (χ0n) is 9.65. The highest BCUT2D eigenvalue weighted by Gasteiger charge is 2.36. The lowest BCUT2D eigenvalue weighted by atomic mass is 9.85. The minimum Gasteiger partial charge on any atom is -0.394 e. The highest BCUT2D eigenvalue weighted by Crippen LogP contribution is 2.29. The number of nitrogens with one attached hydrogen (secondary N) is 1. The largest absolute Gasteiger partial charge is 0.394 e. The summed E-state index contributed by atoms with van der Waals surface area (Å²) in [5.41, 5.74) is 0.753. The summed E-state index contributed by atoms with van der Waals surface area (Å²) in [4.78, 5) is 0. The van der Waals surface area contributed by atoms with Crippen molar-refractivity contribution in [3.05, 3.63) is 30.3 Å². The van der Waals surface area contributed by atoms with E-state index in [2.05, 4.69) is 12.2 Å². The molecular formula is C13H19NO2. The molecule has 1 aromatic rings. The van der Waals surface area contributed by atoms with Crippen LogP contribution in [0, 0.1) is 5.92 Å². The Morgan fingerprint density at radius 3 is 2.75 bits per heavy atom. The molecule has 1 aromatic carbocycles. The van der Waals surface area contributed by atoms with Crippen LogP contribution in [-0.4, -0.2) is 30.5 Å². The summed E-state index contributed by atoms with van der Waals surface area (Å²) < 4.78 is 5.39. The van der Waals surface area contributed by atoms with E-state index in [-0.39, 0.29) is 12.1 Å². The van der Waals surface area contributed by atoms with Gasteiger partial charge in [-0.1, -0.05) is 18.2 Å². The number of aliphatic hydroxyl groups is 1. The van der Waals surface area contributed by atoms with Crippen LogP contribution in [0.25, 0.3) is 0 Å². The molecule has 2 unspecified atom stereocenters. The molecule has 1 aliphatic heterocycles. The van der Waals surface area contributed by atoms with Gasteiger partial charge in [-0.25, -0.2) is 0 Å². The number of hydrogen-bond acceptors (Lipinski definition) is 3. The SMILES string of the molecule is CC(CO)(Nc1ccccc1)C1CCOC1. The summed E-state index contributed by atoms with van der Waals surface area (Å²) in [6.45, 7) is 3.71. The van der Waals surface area contributed by atoms with E-state index in [1.807, 2.05) is 30.3 Å². The maximum atomic E-state index is 9.59. The smallest absolute Gasteiger partial charge is 0.0662 e. The molecule has 1 fully saturated rings. The maximum absolute atomic E-state index is 9.59. The van der Waals surface area contributed by atoms with Gasteiger partial charge < -0.3 is 15.2 Å². The number of rotatable bonds is 4. The molecule has 2 rings (SSSR count). The fraction of sp³-hybridized carbons (Fsp3) is 0.538. The lowest BCUT2D eigenvalue weighted by Crippen LogP contribution is -2.46. The van der Waals surface area contributed by atoms with Gasteiger partial charge in [0.15, 0.2) is 0 Å². The summed E-state index contributed by atoms with van der Waals surface area (Å²) in [5.74, 6) is 0.373. The van der Waals surface area contributed by atoms with Crippen molar-refractivity contribution in [1.29, 1.82) is 0 Å². The Labute approximate surface area is 96.4 Å². The van der Waals surface area contributed by atoms with Gasteiger partial charge in [0.25, 0.3) is 0 Å². The number of aliphatic hydroxyl groups excluding tert-OH is 1. The summed E-state index contributed by atoms with van der Waals surface area (Å²) in [7, 11) is 0. The molecule has 1 heterocycles. The minimum atomic E-state index is -0.294. The molecule has 0 radical (unpaired) electrons. The van der Waals surface area contributed by atoms with Crippen molar-refractivity contribution >= 4 is 5.69 Å². The number of benzene rings is 1. The van der Waals surface area contributed by atoms with Gasteiger partial charge in [-0.3, -0.25) is 0 Å². The molecule has 0 aromatic heterocycles. The zero-order chi connectivity index (χ0) is 11.4. The van der Waals surface area contributed by atoms with Crippen LogP contribution in [0.15, 0.2) is 30.3 Å². The number of para-hydroxylation sites is 1. The van der Waals surface area contributed by atoms with Crippen LogP contribution in [0.4, 0.5) is 5.69 Å². The number of ether oxygens (including phenoxy) is 1. The topological polar surface area (TPSA) is 41.5 Å². The van der Waals surface area contributed by atoms with Crippen molar-refractivity contribution in [3.63, 3.8) is 0 Å². The normalized spacial score (nSPS) is 24.0. The molecule has 1 aliphatic rings. The predicted molar refractivity (Wildman–Crippen MR) is 64.5 cm³/mol. The van der Waals surface area contributed by atoms with Gasteiger partial charge in [-0.05, 0) is 25.5 Å². The molecule has 0 saturated carbocycles. The van der Waals surface area contributed by atoms with E-state index >= 15 is 0 Å². The van der Waals surface area contributed by atoms with Crippen LogP contribution in [0.2, 0.25) is 0 Å². The van der Waals surface area contributed by atoms with Gasteiger partial charge in [-0.15, -0.1) is 0 Å². The molecule has 0 amide bonds. The fourth-order valence-corrected chi connectivity index (χ4v) is 2.16. The third kappa shape index (κ3) is 2.36. The zero-order valence-corrected chi connectivity index (χ0v) is 9.65. The molecule has 0 spiro atoms. The maximum Gasteiger partial charge on any atom is 0.0662 e. The first-order valence-corrected chi connectivity index (χ1v) is 5.76. The van der Waals surface area contributed by atoms with Gasteiger partial charge in [-0.2, -0.15) is 0 Å². The molecule has 16 heavy (non-hydrogen) atoms. The molecule has 3 heteroatoms. The third-order valence-electron chi connectivity index (χ3n) is 3.36. The Bertz CT molecular complexity index is 322. The fourth-order valence-electron chi connectivity index (χ4n) is 2.16. The Hall–Kier alpha value is -1.06. The molecule has 2 N–H and O–H groups in total. The van der Waals surface area contributed by atoms with Gasteiger partial charge in [0, 0.05) is 18.2 Å². The number of anilines is 1. The average Bonchev–Trinajstić information content (AvgIpc) is 2.84. The Kier molecular flexibility index (Phi) is 3.46. The first-order chi connectivity index (χ1) is 7.74. The molecule has 2 atom stereocenters. The van der Waals surface area contributed by atoms with Crippen molar-refractivity contribution < 1.29 is 9.84 Å². The quantitative estimate of drug-likeness (QED) is 0.815. The van der Waals surface area contributed by atoms with Gasteiger partial charge in [0.1, 0.15) is 0 Å². The minimum absolute atomic E-state index is 0.121. The molecule has 1 saturated heterocycles. The third-order valence-corrected chi connectivity index (χ3v) is 3.36. The monoisotopic (exact) mass is 221 g/mol. The van der Waals surface area contributed by atoms with E-state index in [4.69, 9.17) is 4.74 Å². The van der Waals surface area contributed by atoms with Crippen molar-refractivity contribution in [2.45, 2.75) is 18.9 Å². The van der Waals surface area contributed by atoms with Crippen LogP contribution < -0.4 is 5.32 Å². The van der Waals surface area contributed by atoms with E-state index < -0.39 is 0 Å². The Balaban J connectivity index is 2.09. The van der Waals surface area contributed by atoms with Gasteiger partial charge in [0.05, 0.1) is 18.8 Å². The lowest BCUT2D eigenvalue weighted by Gasteiger charge is -2.35. The van der Waals surface area contributed by atoms with Crippen molar-refractivity contribution in [2.24, 2.45) is 5.92 Å². The van der Waals surface area contributed by atoms with E-state index in [0.717, 1.165) is 25.3 Å². The van der Waals surface area contributed by atoms with Gasteiger partial charge >= 0.3 is 0 Å². The first kappa shape index (κ1) is 11.4. The molecular weight excluding hydrogens is 202 g/mol. The van der Waals surface area contributed by atoms with Crippen LogP contribution in [0.3, 0.4) is 0 Å². The second-order valence-corrected chi connectivity index (χ2v) is 4.63. The Morgan fingerprint density at radius 2 is 2.19 bits per heavy atom. The molecule has 88 valence electrons. The van der Waals surface area contributed by atoms with E-state index in [0.29, 0.717) is 5.92 Å². The van der Waals surface area contributed by atoms with E-state index in [9.17, 15) is 5.11 Å². The standard InChI is InChI=1S/C13H19NO2/c1-13(10-15,11-7-8-16-9-11)14-12-5-3-2-4-6-12/h2-6,11,14-15H,7-10H2,1H3. The van der Waals surface area contributed by atoms with Crippen molar-refractivity contribution in [3.8, 4) is 0 Å². The molecule has 0 bridgehead atoms. The van der Waals surface area contributed by atoms with Crippen LogP contribution in [0.1, 0.15) is 13.3 Å². The average molecular weight is 221 g/mol. The summed E-state index contributed by atoms with van der Waals surface area (Å²) in [5, 5.41) is 13.0. The number of hydrogen-bond donors (Lipinski definition) is 2. The lowest BCUT2D eigenvalue weighted by molar-refractivity contribution is 0.137. The van der Waals surface area contributed by atoms with Gasteiger partial charge in [0.2, 0.25) is 0 Å². The highest BCUT2D eigenvalue weighted by atomic mass is 16.5. The summed E-state index contributed by atoms with van der Waals surface area (Å²) in [6.07, 6.45) is 1.01. The summed E-state index contributed by atoms with van der Waals surface area (Å²) >= 11 is 0.